The Bertz CT molecular complexity index is 415. The van der Waals surface area contributed by atoms with Crippen LogP contribution in [0, 0.1) is 5.92 Å². The van der Waals surface area contributed by atoms with Crippen LogP contribution >= 0.6 is 0 Å². The zero-order valence-corrected chi connectivity index (χ0v) is 12.8. The Balaban J connectivity index is 2.30. The number of quaternary nitrogens is 1. The molecule has 1 aromatic rings. The Labute approximate surface area is 117 Å². The van der Waals surface area contributed by atoms with Crippen molar-refractivity contribution in [2.45, 2.75) is 38.0 Å². The largest absolute Gasteiger partial charge is 0.497 e. The van der Waals surface area contributed by atoms with Gasteiger partial charge in [-0.25, -0.2) is 0 Å². The summed E-state index contributed by atoms with van der Waals surface area (Å²) in [7, 11) is 6.28. The Hall–Kier alpha value is -1.02. The minimum absolute atomic E-state index is 0.310. The summed E-state index contributed by atoms with van der Waals surface area (Å²) in [6.45, 7) is 3.71. The van der Waals surface area contributed by atoms with E-state index in [1.807, 2.05) is 6.07 Å². The molecule has 2 heteroatoms. The smallest absolute Gasteiger partial charge is 0.119 e. The third-order valence-corrected chi connectivity index (χ3v) is 4.78. The number of hydrogen-bond donors (Lipinski definition) is 1. The lowest BCUT2D eigenvalue weighted by Crippen LogP contribution is -3.06. The Morgan fingerprint density at radius 2 is 2.11 bits per heavy atom. The first kappa shape index (κ1) is 14.4. The van der Waals surface area contributed by atoms with Gasteiger partial charge in [0.2, 0.25) is 0 Å². The van der Waals surface area contributed by atoms with Gasteiger partial charge in [0.05, 0.1) is 27.7 Å². The van der Waals surface area contributed by atoms with Crippen LogP contribution in [-0.4, -0.2) is 27.7 Å². The molecule has 1 N–H and O–H groups in total. The van der Waals surface area contributed by atoms with Crippen molar-refractivity contribution in [3.8, 4) is 5.75 Å². The zero-order valence-electron chi connectivity index (χ0n) is 12.8. The first-order valence-electron chi connectivity index (χ1n) is 7.50. The van der Waals surface area contributed by atoms with Crippen molar-refractivity contribution in [2.75, 3.05) is 27.7 Å². The number of methoxy groups -OCH3 is 1. The van der Waals surface area contributed by atoms with E-state index in [1.165, 1.54) is 37.8 Å². The molecule has 0 heterocycles. The lowest BCUT2D eigenvalue weighted by molar-refractivity contribution is -0.863. The number of nitrogens with one attached hydrogen (secondary N) is 1. The Morgan fingerprint density at radius 3 is 2.79 bits per heavy atom. The summed E-state index contributed by atoms with van der Waals surface area (Å²) in [4.78, 5) is 1.56. The first-order valence-corrected chi connectivity index (χ1v) is 7.50. The number of hydrogen-bond acceptors (Lipinski definition) is 1. The SMILES string of the molecule is COc1cccc(C2(C)CCCCC2C[NH+](C)C)c1. The quantitative estimate of drug-likeness (QED) is 0.879. The van der Waals surface area contributed by atoms with E-state index in [-0.39, 0.29) is 0 Å². The molecule has 0 aromatic heterocycles. The second kappa shape index (κ2) is 5.96. The summed E-state index contributed by atoms with van der Waals surface area (Å²) < 4.78 is 5.40. The summed E-state index contributed by atoms with van der Waals surface area (Å²) >= 11 is 0. The third kappa shape index (κ3) is 3.11. The van der Waals surface area contributed by atoms with E-state index in [0.717, 1.165) is 11.7 Å². The van der Waals surface area contributed by atoms with Crippen molar-refractivity contribution in [3.05, 3.63) is 29.8 Å². The molecule has 0 radical (unpaired) electrons. The van der Waals surface area contributed by atoms with Gasteiger partial charge in [0, 0.05) is 11.3 Å². The lowest BCUT2D eigenvalue weighted by atomic mass is 9.63. The van der Waals surface area contributed by atoms with Crippen LogP contribution in [0.2, 0.25) is 0 Å². The highest BCUT2D eigenvalue weighted by molar-refractivity contribution is 5.34. The molecule has 1 aliphatic carbocycles. The van der Waals surface area contributed by atoms with E-state index >= 15 is 0 Å². The van der Waals surface area contributed by atoms with Gasteiger partial charge in [-0.2, -0.15) is 0 Å². The molecule has 2 atom stereocenters. The van der Waals surface area contributed by atoms with E-state index in [1.54, 1.807) is 12.0 Å². The van der Waals surface area contributed by atoms with Crippen molar-refractivity contribution < 1.29 is 9.64 Å². The van der Waals surface area contributed by atoms with Crippen LogP contribution in [0.25, 0.3) is 0 Å². The molecule has 0 amide bonds. The molecule has 106 valence electrons. The highest BCUT2D eigenvalue weighted by Crippen LogP contribution is 2.43. The van der Waals surface area contributed by atoms with Crippen LogP contribution in [0.4, 0.5) is 0 Å². The monoisotopic (exact) mass is 262 g/mol. The van der Waals surface area contributed by atoms with Crippen molar-refractivity contribution in [2.24, 2.45) is 5.92 Å². The van der Waals surface area contributed by atoms with Crippen LogP contribution in [0.5, 0.6) is 5.75 Å². The van der Waals surface area contributed by atoms with Gasteiger partial charge in [0.25, 0.3) is 0 Å². The molecule has 1 fully saturated rings. The van der Waals surface area contributed by atoms with Crippen molar-refractivity contribution in [1.29, 1.82) is 0 Å². The average molecular weight is 262 g/mol. The van der Waals surface area contributed by atoms with Gasteiger partial charge in [-0.1, -0.05) is 31.9 Å². The lowest BCUT2D eigenvalue weighted by Gasteiger charge is -2.42. The van der Waals surface area contributed by atoms with Gasteiger partial charge in [0.15, 0.2) is 0 Å². The highest BCUT2D eigenvalue weighted by Gasteiger charge is 2.39. The summed E-state index contributed by atoms with van der Waals surface area (Å²) in [6.07, 6.45) is 5.40. The van der Waals surface area contributed by atoms with E-state index in [9.17, 15) is 0 Å². The predicted octanol–water partition coefficient (Wildman–Crippen LogP) is 2.29. The highest BCUT2D eigenvalue weighted by atomic mass is 16.5. The molecule has 1 saturated carbocycles. The van der Waals surface area contributed by atoms with Crippen LogP contribution in [0.3, 0.4) is 0 Å². The molecule has 2 rings (SSSR count). The van der Waals surface area contributed by atoms with E-state index < -0.39 is 0 Å². The standard InChI is InChI=1S/C17H27NO/c1-17(14-9-7-10-16(12-14)19-4)11-6-5-8-15(17)13-18(2)3/h7,9-10,12,15H,5-6,8,11,13H2,1-4H3/p+1. The van der Waals surface area contributed by atoms with Crippen molar-refractivity contribution >= 4 is 0 Å². The van der Waals surface area contributed by atoms with Crippen LogP contribution < -0.4 is 9.64 Å². The van der Waals surface area contributed by atoms with Crippen LogP contribution in [0.1, 0.15) is 38.2 Å². The van der Waals surface area contributed by atoms with Crippen molar-refractivity contribution in [3.63, 3.8) is 0 Å². The zero-order chi connectivity index (χ0) is 13.9. The molecule has 0 spiro atoms. The maximum Gasteiger partial charge on any atom is 0.119 e. The molecule has 2 unspecified atom stereocenters. The number of rotatable bonds is 4. The molecular formula is C17H28NO+. The molecule has 1 aromatic carbocycles. The maximum absolute atomic E-state index is 5.40. The molecule has 1 aliphatic rings. The summed E-state index contributed by atoms with van der Waals surface area (Å²) in [5.74, 6) is 1.76. The average Bonchev–Trinajstić information content (AvgIpc) is 2.41. The predicted molar refractivity (Wildman–Crippen MR) is 80.0 cm³/mol. The van der Waals surface area contributed by atoms with Gasteiger partial charge < -0.3 is 9.64 Å². The summed E-state index contributed by atoms with van der Waals surface area (Å²) in [5.41, 5.74) is 1.77. The number of ether oxygens (including phenoxy) is 1. The molecule has 0 bridgehead atoms. The van der Waals surface area contributed by atoms with E-state index in [4.69, 9.17) is 4.74 Å². The van der Waals surface area contributed by atoms with Crippen LogP contribution in [0.15, 0.2) is 24.3 Å². The Morgan fingerprint density at radius 1 is 1.32 bits per heavy atom. The molecule has 0 saturated heterocycles. The van der Waals surface area contributed by atoms with Gasteiger partial charge in [-0.3, -0.25) is 0 Å². The Kier molecular flexibility index (Phi) is 4.51. The molecule has 2 nitrogen and oxygen atoms in total. The summed E-state index contributed by atoms with van der Waals surface area (Å²) in [5, 5.41) is 0. The van der Waals surface area contributed by atoms with Gasteiger partial charge >= 0.3 is 0 Å². The fourth-order valence-corrected chi connectivity index (χ4v) is 3.58. The van der Waals surface area contributed by atoms with Crippen LogP contribution in [-0.2, 0) is 5.41 Å². The number of benzene rings is 1. The molecule has 0 aliphatic heterocycles. The fraction of sp³-hybridized carbons (Fsp3) is 0.647. The first-order chi connectivity index (χ1) is 9.06. The van der Waals surface area contributed by atoms with E-state index in [2.05, 4.69) is 39.2 Å². The van der Waals surface area contributed by atoms with Gasteiger partial charge in [-0.05, 0) is 30.5 Å². The second-order valence-corrected chi connectivity index (χ2v) is 6.50. The third-order valence-electron chi connectivity index (χ3n) is 4.78. The minimum atomic E-state index is 0.310. The summed E-state index contributed by atoms with van der Waals surface area (Å²) in [6, 6.07) is 8.70. The second-order valence-electron chi connectivity index (χ2n) is 6.50. The normalized spacial score (nSPS) is 27.5. The fourth-order valence-electron chi connectivity index (χ4n) is 3.58. The van der Waals surface area contributed by atoms with E-state index in [0.29, 0.717) is 5.41 Å². The molecule has 19 heavy (non-hydrogen) atoms. The topological polar surface area (TPSA) is 13.7 Å². The maximum atomic E-state index is 5.40. The molecular weight excluding hydrogens is 234 g/mol. The van der Waals surface area contributed by atoms with Crippen molar-refractivity contribution in [1.82, 2.24) is 0 Å². The van der Waals surface area contributed by atoms with Gasteiger partial charge in [0.1, 0.15) is 5.75 Å². The minimum Gasteiger partial charge on any atom is -0.497 e. The van der Waals surface area contributed by atoms with Gasteiger partial charge in [-0.15, -0.1) is 0 Å².